The first-order valence-corrected chi connectivity index (χ1v) is 11.3. The standard InChI is InChI=1S/C21H24F3N3O3S/c1-14-10-15(2)13-27(12-14)31(29,30)17-7-5-6-16(11-17)20(28)26-25-19-9-4-3-8-18(19)21(22,23)24/h3-9,11,14-15,25H,10,12-13H2,1-2H3,(H,26,28). The zero-order chi connectivity index (χ0) is 22.8. The number of sulfonamides is 1. The first kappa shape index (κ1) is 23.1. The molecule has 0 aromatic heterocycles. The van der Waals surface area contributed by atoms with Crippen molar-refractivity contribution in [2.24, 2.45) is 11.8 Å². The van der Waals surface area contributed by atoms with Crippen LogP contribution in [-0.2, 0) is 16.2 Å². The molecule has 1 heterocycles. The first-order chi connectivity index (χ1) is 14.5. The fourth-order valence-electron chi connectivity index (χ4n) is 3.78. The second-order valence-electron chi connectivity index (χ2n) is 7.92. The highest BCUT2D eigenvalue weighted by atomic mass is 32.2. The Labute approximate surface area is 179 Å². The molecule has 0 spiro atoms. The number of para-hydroxylation sites is 1. The Bertz CT molecular complexity index is 1050. The second kappa shape index (κ2) is 8.88. The molecule has 1 aliphatic rings. The number of hydrazine groups is 1. The van der Waals surface area contributed by atoms with E-state index in [1.807, 2.05) is 13.8 Å². The minimum atomic E-state index is -4.59. The average Bonchev–Trinajstić information content (AvgIpc) is 2.71. The number of hydrogen-bond acceptors (Lipinski definition) is 4. The molecule has 2 N–H and O–H groups in total. The predicted molar refractivity (Wildman–Crippen MR) is 111 cm³/mol. The lowest BCUT2D eigenvalue weighted by molar-refractivity contribution is -0.137. The summed E-state index contributed by atoms with van der Waals surface area (Å²) in [6.45, 7) is 4.79. The number of hydrogen-bond donors (Lipinski definition) is 2. The topological polar surface area (TPSA) is 78.5 Å². The van der Waals surface area contributed by atoms with Crippen molar-refractivity contribution in [3.63, 3.8) is 0 Å². The van der Waals surface area contributed by atoms with Crippen molar-refractivity contribution in [2.45, 2.75) is 31.3 Å². The Balaban J connectivity index is 1.77. The molecule has 0 saturated carbocycles. The third-order valence-electron chi connectivity index (χ3n) is 5.11. The Hall–Kier alpha value is -2.59. The highest BCUT2D eigenvalue weighted by Gasteiger charge is 2.34. The average molecular weight is 456 g/mol. The number of rotatable bonds is 5. The van der Waals surface area contributed by atoms with Crippen LogP contribution in [-0.4, -0.2) is 31.7 Å². The van der Waals surface area contributed by atoms with Gasteiger partial charge in [0, 0.05) is 18.7 Å². The third-order valence-corrected chi connectivity index (χ3v) is 6.94. The predicted octanol–water partition coefficient (Wildman–Crippen LogP) is 4.13. The van der Waals surface area contributed by atoms with Gasteiger partial charge in [-0.3, -0.25) is 15.6 Å². The number of amides is 1. The van der Waals surface area contributed by atoms with Crippen molar-refractivity contribution in [3.05, 3.63) is 59.7 Å². The molecule has 1 saturated heterocycles. The van der Waals surface area contributed by atoms with E-state index in [2.05, 4.69) is 10.9 Å². The maximum absolute atomic E-state index is 13.1. The number of piperidine rings is 1. The van der Waals surface area contributed by atoms with Crippen LogP contribution in [0.15, 0.2) is 53.4 Å². The molecule has 1 amide bonds. The Morgan fingerprint density at radius 2 is 1.68 bits per heavy atom. The minimum Gasteiger partial charge on any atom is -0.298 e. The molecule has 2 aromatic rings. The maximum Gasteiger partial charge on any atom is 0.418 e. The van der Waals surface area contributed by atoms with Gasteiger partial charge in [0.15, 0.2) is 0 Å². The lowest BCUT2D eigenvalue weighted by Crippen LogP contribution is -2.42. The molecule has 2 unspecified atom stereocenters. The molecule has 10 heteroatoms. The van der Waals surface area contributed by atoms with Gasteiger partial charge in [-0.05, 0) is 48.6 Å². The highest BCUT2D eigenvalue weighted by molar-refractivity contribution is 7.89. The summed E-state index contributed by atoms with van der Waals surface area (Å²) in [6.07, 6.45) is -3.65. The molecule has 1 fully saturated rings. The van der Waals surface area contributed by atoms with Crippen molar-refractivity contribution in [1.82, 2.24) is 9.73 Å². The van der Waals surface area contributed by atoms with E-state index in [-0.39, 0.29) is 28.0 Å². The lowest BCUT2D eigenvalue weighted by atomic mass is 9.94. The van der Waals surface area contributed by atoms with Crippen molar-refractivity contribution < 1.29 is 26.4 Å². The van der Waals surface area contributed by atoms with Crippen LogP contribution in [0.5, 0.6) is 0 Å². The largest absolute Gasteiger partial charge is 0.418 e. The molecule has 0 radical (unpaired) electrons. The molecule has 0 bridgehead atoms. The van der Waals surface area contributed by atoms with Crippen LogP contribution in [0.1, 0.15) is 36.2 Å². The number of alkyl halides is 3. The number of nitrogens with zero attached hydrogens (tertiary/aromatic N) is 1. The monoisotopic (exact) mass is 455 g/mol. The maximum atomic E-state index is 13.1. The van der Waals surface area contributed by atoms with Gasteiger partial charge in [-0.1, -0.05) is 32.0 Å². The van der Waals surface area contributed by atoms with Crippen LogP contribution in [0.2, 0.25) is 0 Å². The van der Waals surface area contributed by atoms with Crippen molar-refractivity contribution >= 4 is 21.6 Å². The van der Waals surface area contributed by atoms with E-state index in [1.54, 1.807) is 0 Å². The van der Waals surface area contributed by atoms with Crippen LogP contribution in [0.3, 0.4) is 0 Å². The van der Waals surface area contributed by atoms with Crippen molar-refractivity contribution in [2.75, 3.05) is 18.5 Å². The van der Waals surface area contributed by atoms with Gasteiger partial charge < -0.3 is 0 Å². The van der Waals surface area contributed by atoms with Gasteiger partial charge in [0.05, 0.1) is 16.1 Å². The Morgan fingerprint density at radius 1 is 1.03 bits per heavy atom. The van der Waals surface area contributed by atoms with Gasteiger partial charge in [-0.2, -0.15) is 17.5 Å². The van der Waals surface area contributed by atoms with Gasteiger partial charge in [-0.25, -0.2) is 8.42 Å². The second-order valence-corrected chi connectivity index (χ2v) is 9.86. The summed E-state index contributed by atoms with van der Waals surface area (Å²) in [7, 11) is -3.79. The number of carbonyl (C=O) groups is 1. The summed E-state index contributed by atoms with van der Waals surface area (Å²) in [5, 5.41) is 0. The first-order valence-electron chi connectivity index (χ1n) is 9.81. The third kappa shape index (κ3) is 5.37. The van der Waals surface area contributed by atoms with Gasteiger partial charge in [0.2, 0.25) is 10.0 Å². The zero-order valence-corrected chi connectivity index (χ0v) is 17.9. The molecule has 31 heavy (non-hydrogen) atoms. The number of anilines is 1. The Kier molecular flexibility index (Phi) is 6.61. The van der Waals surface area contributed by atoms with Gasteiger partial charge >= 0.3 is 6.18 Å². The van der Waals surface area contributed by atoms with E-state index in [1.165, 1.54) is 46.8 Å². The molecule has 0 aliphatic carbocycles. The summed E-state index contributed by atoms with van der Waals surface area (Å²) in [4.78, 5) is 12.4. The molecular weight excluding hydrogens is 431 g/mol. The smallest absolute Gasteiger partial charge is 0.298 e. The zero-order valence-electron chi connectivity index (χ0n) is 17.1. The number of halogens is 3. The van der Waals surface area contributed by atoms with E-state index in [0.29, 0.717) is 13.1 Å². The van der Waals surface area contributed by atoms with Crippen LogP contribution in [0.25, 0.3) is 0 Å². The molecule has 3 rings (SSSR count). The molecule has 2 atom stereocenters. The fourth-order valence-corrected chi connectivity index (χ4v) is 5.51. The highest BCUT2D eigenvalue weighted by Crippen LogP contribution is 2.34. The van der Waals surface area contributed by atoms with Crippen LogP contribution >= 0.6 is 0 Å². The van der Waals surface area contributed by atoms with E-state index in [4.69, 9.17) is 0 Å². The molecule has 168 valence electrons. The SMILES string of the molecule is CC1CC(C)CN(S(=O)(=O)c2cccc(C(=O)NNc3ccccc3C(F)(F)F)c2)C1. The lowest BCUT2D eigenvalue weighted by Gasteiger charge is -2.34. The van der Waals surface area contributed by atoms with Crippen LogP contribution < -0.4 is 10.9 Å². The summed E-state index contributed by atoms with van der Waals surface area (Å²) >= 11 is 0. The van der Waals surface area contributed by atoms with E-state index in [0.717, 1.165) is 12.5 Å². The molecule has 1 aliphatic heterocycles. The number of benzene rings is 2. The number of carbonyl (C=O) groups excluding carboxylic acids is 1. The minimum absolute atomic E-state index is 0.0103. The molecular formula is C21H24F3N3O3S. The normalized spacial score (nSPS) is 20.3. The summed E-state index contributed by atoms with van der Waals surface area (Å²) in [5.74, 6) is -0.305. The summed E-state index contributed by atoms with van der Waals surface area (Å²) in [5.41, 5.74) is 3.24. The quantitative estimate of drug-likeness (QED) is 0.665. The van der Waals surface area contributed by atoms with Gasteiger partial charge in [0.25, 0.3) is 5.91 Å². The summed E-state index contributed by atoms with van der Waals surface area (Å²) in [6, 6.07) is 10.2. The number of nitrogens with one attached hydrogen (secondary N) is 2. The van der Waals surface area contributed by atoms with E-state index in [9.17, 15) is 26.4 Å². The van der Waals surface area contributed by atoms with E-state index < -0.39 is 27.7 Å². The summed E-state index contributed by atoms with van der Waals surface area (Å²) < 4.78 is 66.8. The van der Waals surface area contributed by atoms with Gasteiger partial charge in [-0.15, -0.1) is 0 Å². The molecule has 2 aromatic carbocycles. The van der Waals surface area contributed by atoms with Gasteiger partial charge in [0.1, 0.15) is 0 Å². The fraction of sp³-hybridized carbons (Fsp3) is 0.381. The van der Waals surface area contributed by atoms with Crippen molar-refractivity contribution in [3.8, 4) is 0 Å². The molecule has 6 nitrogen and oxygen atoms in total. The van der Waals surface area contributed by atoms with Crippen LogP contribution in [0, 0.1) is 11.8 Å². The van der Waals surface area contributed by atoms with Crippen molar-refractivity contribution in [1.29, 1.82) is 0 Å². The Morgan fingerprint density at radius 3 is 2.32 bits per heavy atom. The van der Waals surface area contributed by atoms with E-state index >= 15 is 0 Å². The van der Waals surface area contributed by atoms with Crippen LogP contribution in [0.4, 0.5) is 18.9 Å².